The molecular formula is C16H11Cl3N4O2S. The van der Waals surface area contributed by atoms with Crippen LogP contribution in [0.25, 0.3) is 11.3 Å². The van der Waals surface area contributed by atoms with Gasteiger partial charge in [-0.05, 0) is 30.3 Å². The molecule has 0 saturated carbocycles. The maximum atomic E-state index is 12.3. The fourth-order valence-electron chi connectivity index (χ4n) is 2.14. The molecule has 134 valence electrons. The number of nitrogens with zero attached hydrogens (tertiary/aromatic N) is 2. The highest BCUT2D eigenvalue weighted by Crippen LogP contribution is 2.25. The minimum atomic E-state index is -3.96. The second-order valence-electron chi connectivity index (χ2n) is 5.13. The Morgan fingerprint density at radius 3 is 2.46 bits per heavy atom. The SMILES string of the molecule is O=S(=O)(N/N=C/c1cn[nH]c1-c1ccc(Cl)cc1)c1cc(Cl)ccc1Cl. The summed E-state index contributed by atoms with van der Waals surface area (Å²) in [6, 6.07) is 11.2. The van der Waals surface area contributed by atoms with Crippen molar-refractivity contribution in [1.29, 1.82) is 0 Å². The van der Waals surface area contributed by atoms with E-state index in [4.69, 9.17) is 34.8 Å². The van der Waals surface area contributed by atoms with Gasteiger partial charge in [-0.25, -0.2) is 4.83 Å². The zero-order valence-electron chi connectivity index (χ0n) is 12.9. The lowest BCUT2D eigenvalue weighted by Gasteiger charge is -2.06. The Labute approximate surface area is 164 Å². The lowest BCUT2D eigenvalue weighted by molar-refractivity contribution is 0.585. The van der Waals surface area contributed by atoms with Crippen LogP contribution in [0.5, 0.6) is 0 Å². The average molecular weight is 430 g/mol. The van der Waals surface area contributed by atoms with Gasteiger partial charge in [0.2, 0.25) is 0 Å². The van der Waals surface area contributed by atoms with E-state index in [9.17, 15) is 8.42 Å². The number of hydrazone groups is 1. The molecule has 0 unspecified atom stereocenters. The monoisotopic (exact) mass is 428 g/mol. The number of halogens is 3. The Balaban J connectivity index is 1.82. The number of benzene rings is 2. The summed E-state index contributed by atoms with van der Waals surface area (Å²) in [5.41, 5.74) is 2.09. The highest BCUT2D eigenvalue weighted by molar-refractivity contribution is 7.89. The van der Waals surface area contributed by atoms with E-state index in [1.165, 1.54) is 30.6 Å². The van der Waals surface area contributed by atoms with Gasteiger partial charge in [-0.3, -0.25) is 5.10 Å². The van der Waals surface area contributed by atoms with Gasteiger partial charge in [-0.15, -0.1) is 0 Å². The van der Waals surface area contributed by atoms with E-state index in [0.717, 1.165) is 5.56 Å². The number of sulfonamides is 1. The Bertz CT molecular complexity index is 1060. The van der Waals surface area contributed by atoms with Crippen molar-refractivity contribution in [3.63, 3.8) is 0 Å². The largest absolute Gasteiger partial charge is 0.278 e. The maximum Gasteiger partial charge on any atom is 0.278 e. The summed E-state index contributed by atoms with van der Waals surface area (Å²) in [6.07, 6.45) is 2.86. The van der Waals surface area contributed by atoms with Gasteiger partial charge < -0.3 is 0 Å². The van der Waals surface area contributed by atoms with Crippen molar-refractivity contribution in [3.05, 3.63) is 69.3 Å². The molecule has 0 spiro atoms. The molecule has 1 heterocycles. The number of hydrogen-bond acceptors (Lipinski definition) is 4. The molecule has 1 aromatic heterocycles. The zero-order valence-corrected chi connectivity index (χ0v) is 16.0. The molecule has 0 fully saturated rings. The minimum Gasteiger partial charge on any atom is -0.277 e. The molecule has 3 aromatic rings. The van der Waals surface area contributed by atoms with Crippen LogP contribution in [0.3, 0.4) is 0 Å². The summed E-state index contributed by atoms with van der Waals surface area (Å²) >= 11 is 17.6. The third-order valence-electron chi connectivity index (χ3n) is 3.36. The van der Waals surface area contributed by atoms with E-state index in [-0.39, 0.29) is 14.9 Å². The summed E-state index contributed by atoms with van der Waals surface area (Å²) in [6.45, 7) is 0. The Morgan fingerprint density at radius 1 is 1.04 bits per heavy atom. The Hall–Kier alpha value is -2.06. The fraction of sp³-hybridized carbons (Fsp3) is 0. The second kappa shape index (κ2) is 7.67. The van der Waals surface area contributed by atoms with Crippen molar-refractivity contribution < 1.29 is 8.42 Å². The van der Waals surface area contributed by atoms with Gasteiger partial charge in [0.05, 0.1) is 23.1 Å². The zero-order chi connectivity index (χ0) is 18.7. The van der Waals surface area contributed by atoms with Gasteiger partial charge in [-0.2, -0.15) is 18.6 Å². The number of rotatable bonds is 5. The van der Waals surface area contributed by atoms with Crippen LogP contribution in [0.15, 0.2) is 58.7 Å². The Morgan fingerprint density at radius 2 is 1.73 bits per heavy atom. The van der Waals surface area contributed by atoms with Gasteiger partial charge >= 0.3 is 0 Å². The van der Waals surface area contributed by atoms with Gasteiger partial charge in [0.25, 0.3) is 10.0 Å². The van der Waals surface area contributed by atoms with E-state index in [1.54, 1.807) is 12.1 Å². The number of hydrogen-bond donors (Lipinski definition) is 2. The molecule has 10 heteroatoms. The van der Waals surface area contributed by atoms with Gasteiger partial charge in [-0.1, -0.05) is 46.9 Å². The molecule has 0 atom stereocenters. The molecule has 0 aliphatic rings. The second-order valence-corrected chi connectivity index (χ2v) is 8.04. The lowest BCUT2D eigenvalue weighted by atomic mass is 10.1. The number of aromatic nitrogens is 2. The highest BCUT2D eigenvalue weighted by Gasteiger charge is 2.17. The average Bonchev–Trinajstić information content (AvgIpc) is 3.06. The van der Waals surface area contributed by atoms with Crippen LogP contribution in [-0.4, -0.2) is 24.8 Å². The molecule has 0 radical (unpaired) electrons. The third-order valence-corrected chi connectivity index (χ3v) is 5.55. The maximum absolute atomic E-state index is 12.3. The van der Waals surface area contributed by atoms with Crippen molar-refractivity contribution >= 4 is 51.0 Å². The summed E-state index contributed by atoms with van der Waals surface area (Å²) < 4.78 is 24.6. The predicted octanol–water partition coefficient (Wildman–Crippen LogP) is 4.35. The summed E-state index contributed by atoms with van der Waals surface area (Å²) in [5.74, 6) is 0. The molecule has 2 N–H and O–H groups in total. The molecule has 0 amide bonds. The van der Waals surface area contributed by atoms with Crippen LogP contribution in [0.2, 0.25) is 15.1 Å². The predicted molar refractivity (Wildman–Crippen MR) is 103 cm³/mol. The van der Waals surface area contributed by atoms with Crippen LogP contribution in [0.4, 0.5) is 0 Å². The molecule has 0 aliphatic heterocycles. The van der Waals surface area contributed by atoms with Crippen molar-refractivity contribution in [2.24, 2.45) is 5.10 Å². The van der Waals surface area contributed by atoms with E-state index >= 15 is 0 Å². The van der Waals surface area contributed by atoms with Gasteiger partial charge in [0, 0.05) is 21.2 Å². The quantitative estimate of drug-likeness (QED) is 0.467. The molecule has 0 saturated heterocycles. The topological polar surface area (TPSA) is 87.2 Å². The first-order chi connectivity index (χ1) is 12.4. The van der Waals surface area contributed by atoms with E-state index in [0.29, 0.717) is 16.3 Å². The summed E-state index contributed by atoms with van der Waals surface area (Å²) in [4.78, 5) is 1.95. The first kappa shape index (κ1) is 18.7. The lowest BCUT2D eigenvalue weighted by Crippen LogP contribution is -2.18. The highest BCUT2D eigenvalue weighted by atomic mass is 35.5. The van der Waals surface area contributed by atoms with Crippen molar-refractivity contribution in [1.82, 2.24) is 15.0 Å². The first-order valence-corrected chi connectivity index (χ1v) is 9.78. The Kier molecular flexibility index (Phi) is 5.52. The van der Waals surface area contributed by atoms with Gasteiger partial charge in [0.1, 0.15) is 4.90 Å². The fourth-order valence-corrected chi connectivity index (χ4v) is 3.82. The number of aromatic amines is 1. The van der Waals surface area contributed by atoms with E-state index < -0.39 is 10.0 Å². The molecule has 0 bridgehead atoms. The van der Waals surface area contributed by atoms with E-state index in [1.807, 2.05) is 12.1 Å². The number of H-pyrrole nitrogens is 1. The molecular weight excluding hydrogens is 419 g/mol. The van der Waals surface area contributed by atoms with Crippen LogP contribution in [0, 0.1) is 0 Å². The normalized spacial score (nSPS) is 11.8. The van der Waals surface area contributed by atoms with Crippen molar-refractivity contribution in [2.75, 3.05) is 0 Å². The smallest absolute Gasteiger partial charge is 0.277 e. The van der Waals surface area contributed by atoms with Crippen LogP contribution >= 0.6 is 34.8 Å². The van der Waals surface area contributed by atoms with Crippen LogP contribution < -0.4 is 4.83 Å². The van der Waals surface area contributed by atoms with Crippen molar-refractivity contribution in [3.8, 4) is 11.3 Å². The summed E-state index contributed by atoms with van der Waals surface area (Å²) in [5, 5.41) is 11.5. The molecule has 26 heavy (non-hydrogen) atoms. The van der Waals surface area contributed by atoms with Crippen molar-refractivity contribution in [2.45, 2.75) is 4.90 Å². The van der Waals surface area contributed by atoms with Crippen LogP contribution in [0.1, 0.15) is 5.56 Å². The molecule has 6 nitrogen and oxygen atoms in total. The third kappa shape index (κ3) is 4.19. The summed E-state index contributed by atoms with van der Waals surface area (Å²) in [7, 11) is -3.96. The molecule has 0 aliphatic carbocycles. The minimum absolute atomic E-state index is 0.0438. The van der Waals surface area contributed by atoms with Gasteiger partial charge in [0.15, 0.2) is 0 Å². The van der Waals surface area contributed by atoms with E-state index in [2.05, 4.69) is 20.1 Å². The number of nitrogens with one attached hydrogen (secondary N) is 2. The molecule has 3 rings (SSSR count). The molecule has 2 aromatic carbocycles. The first-order valence-electron chi connectivity index (χ1n) is 7.16. The standard InChI is InChI=1S/C16H11Cl3N4O2S/c17-12-3-1-10(2-4-12)16-11(8-20-22-16)9-21-23-26(24,25)15-7-13(18)5-6-14(15)19/h1-9,23H,(H,20,22)/b21-9+. The van der Waals surface area contributed by atoms with Crippen LogP contribution in [-0.2, 0) is 10.0 Å².